The van der Waals surface area contributed by atoms with Crippen molar-refractivity contribution in [2.45, 2.75) is 36.6 Å². The molecule has 0 unspecified atom stereocenters. The standard InChI is InChI=1S/C11H16N2O2S/c1-11(7-4-8-11)13-16(14,15)10-6-3-2-5-9(10)12/h2-3,5-6,13H,4,7-8,12H2,1H3. The van der Waals surface area contributed by atoms with Crippen LogP contribution in [0.3, 0.4) is 0 Å². The smallest absolute Gasteiger partial charge is 0.243 e. The topological polar surface area (TPSA) is 72.2 Å². The molecule has 0 amide bonds. The van der Waals surface area contributed by atoms with E-state index in [1.807, 2.05) is 6.92 Å². The number of nitrogens with two attached hydrogens (primary N) is 1. The maximum Gasteiger partial charge on any atom is 0.243 e. The van der Waals surface area contributed by atoms with E-state index in [1.165, 1.54) is 6.07 Å². The lowest BCUT2D eigenvalue weighted by atomic mass is 9.80. The lowest BCUT2D eigenvalue weighted by Crippen LogP contribution is -2.50. The predicted octanol–water partition coefficient (Wildman–Crippen LogP) is 1.49. The number of anilines is 1. The molecule has 0 bridgehead atoms. The molecule has 1 aliphatic carbocycles. The molecule has 0 radical (unpaired) electrons. The summed E-state index contributed by atoms with van der Waals surface area (Å²) in [4.78, 5) is 0.170. The molecule has 1 aromatic carbocycles. The average molecular weight is 240 g/mol. The number of nitrogens with one attached hydrogen (secondary N) is 1. The van der Waals surface area contributed by atoms with Gasteiger partial charge >= 0.3 is 0 Å². The molecule has 1 aliphatic rings. The fourth-order valence-corrected chi connectivity index (χ4v) is 3.51. The maximum absolute atomic E-state index is 12.1. The fraction of sp³-hybridized carbons (Fsp3) is 0.455. The molecule has 1 aromatic rings. The van der Waals surface area contributed by atoms with Crippen molar-refractivity contribution in [1.82, 2.24) is 4.72 Å². The van der Waals surface area contributed by atoms with Crippen LogP contribution in [0.2, 0.25) is 0 Å². The Balaban J connectivity index is 2.29. The van der Waals surface area contributed by atoms with Crippen LogP contribution in [0.4, 0.5) is 5.69 Å². The predicted molar refractivity (Wildman–Crippen MR) is 63.4 cm³/mol. The van der Waals surface area contributed by atoms with Crippen molar-refractivity contribution in [3.8, 4) is 0 Å². The minimum Gasteiger partial charge on any atom is -0.398 e. The Hall–Kier alpha value is -1.07. The van der Waals surface area contributed by atoms with E-state index in [9.17, 15) is 8.42 Å². The largest absolute Gasteiger partial charge is 0.398 e. The lowest BCUT2D eigenvalue weighted by Gasteiger charge is -2.38. The molecule has 0 aromatic heterocycles. The number of rotatable bonds is 3. The third-order valence-electron chi connectivity index (χ3n) is 3.05. The van der Waals surface area contributed by atoms with Crippen LogP contribution in [0.15, 0.2) is 29.2 Å². The van der Waals surface area contributed by atoms with Gasteiger partial charge in [-0.2, -0.15) is 0 Å². The Labute approximate surface area is 95.9 Å². The minimum atomic E-state index is -3.48. The highest BCUT2D eigenvalue weighted by Crippen LogP contribution is 2.33. The van der Waals surface area contributed by atoms with Gasteiger partial charge in [0.15, 0.2) is 0 Å². The Morgan fingerprint density at radius 3 is 2.44 bits per heavy atom. The van der Waals surface area contributed by atoms with E-state index < -0.39 is 10.0 Å². The van der Waals surface area contributed by atoms with E-state index >= 15 is 0 Å². The van der Waals surface area contributed by atoms with Gasteiger partial charge in [0, 0.05) is 5.54 Å². The highest BCUT2D eigenvalue weighted by atomic mass is 32.2. The van der Waals surface area contributed by atoms with Gasteiger partial charge in [-0.25, -0.2) is 13.1 Å². The third-order valence-corrected chi connectivity index (χ3v) is 4.76. The summed E-state index contributed by atoms with van der Waals surface area (Å²) in [7, 11) is -3.48. The number of para-hydroxylation sites is 1. The molecule has 88 valence electrons. The number of benzene rings is 1. The van der Waals surface area contributed by atoms with E-state index in [0.717, 1.165) is 19.3 Å². The average Bonchev–Trinajstić information content (AvgIpc) is 2.15. The summed E-state index contributed by atoms with van der Waals surface area (Å²) in [6.07, 6.45) is 2.85. The van der Waals surface area contributed by atoms with Gasteiger partial charge in [-0.15, -0.1) is 0 Å². The minimum absolute atomic E-state index is 0.170. The van der Waals surface area contributed by atoms with Crippen LogP contribution in [0.1, 0.15) is 26.2 Å². The molecule has 1 saturated carbocycles. The zero-order valence-electron chi connectivity index (χ0n) is 9.23. The molecule has 5 heteroatoms. The van der Waals surface area contributed by atoms with Gasteiger partial charge in [-0.05, 0) is 38.3 Å². The summed E-state index contributed by atoms with van der Waals surface area (Å²) in [5.74, 6) is 0. The molecule has 1 fully saturated rings. The normalized spacial score (nSPS) is 19.1. The summed E-state index contributed by atoms with van der Waals surface area (Å²) in [5, 5.41) is 0. The van der Waals surface area contributed by atoms with Crippen molar-refractivity contribution in [3.63, 3.8) is 0 Å². The van der Waals surface area contributed by atoms with Crippen LogP contribution in [0.5, 0.6) is 0 Å². The van der Waals surface area contributed by atoms with E-state index in [0.29, 0.717) is 0 Å². The molecule has 4 nitrogen and oxygen atoms in total. The first-order valence-electron chi connectivity index (χ1n) is 5.31. The SMILES string of the molecule is CC1(NS(=O)(=O)c2ccccc2N)CCC1. The first-order chi connectivity index (χ1) is 7.43. The second kappa shape index (κ2) is 3.75. The first-order valence-corrected chi connectivity index (χ1v) is 6.80. The quantitative estimate of drug-likeness (QED) is 0.786. The van der Waals surface area contributed by atoms with E-state index in [2.05, 4.69) is 4.72 Å². The Morgan fingerprint density at radius 1 is 1.31 bits per heavy atom. The molecular formula is C11H16N2O2S. The molecule has 0 heterocycles. The monoisotopic (exact) mass is 240 g/mol. The highest BCUT2D eigenvalue weighted by Gasteiger charge is 2.36. The zero-order chi connectivity index (χ0) is 11.8. The van der Waals surface area contributed by atoms with Crippen LogP contribution in [-0.2, 0) is 10.0 Å². The van der Waals surface area contributed by atoms with Gasteiger partial charge in [0.25, 0.3) is 0 Å². The summed E-state index contributed by atoms with van der Waals surface area (Å²) < 4.78 is 26.9. The van der Waals surface area contributed by atoms with Gasteiger partial charge in [0.05, 0.1) is 5.69 Å². The van der Waals surface area contributed by atoms with Crippen molar-refractivity contribution in [1.29, 1.82) is 0 Å². The molecule has 3 N–H and O–H groups in total. The first kappa shape index (κ1) is 11.4. The second-order valence-corrected chi connectivity index (χ2v) is 6.21. The van der Waals surface area contributed by atoms with Crippen LogP contribution in [-0.4, -0.2) is 14.0 Å². The third kappa shape index (κ3) is 2.05. The molecule has 0 saturated heterocycles. The highest BCUT2D eigenvalue weighted by molar-refractivity contribution is 7.89. The Bertz CT molecular complexity index is 492. The molecule has 0 aliphatic heterocycles. The molecule has 0 spiro atoms. The van der Waals surface area contributed by atoms with Gasteiger partial charge in [-0.1, -0.05) is 12.1 Å². The van der Waals surface area contributed by atoms with Gasteiger partial charge in [-0.3, -0.25) is 0 Å². The number of hydrogen-bond acceptors (Lipinski definition) is 3. The van der Waals surface area contributed by atoms with Gasteiger partial charge in [0.1, 0.15) is 4.90 Å². The Morgan fingerprint density at radius 2 is 1.94 bits per heavy atom. The van der Waals surface area contributed by atoms with Crippen molar-refractivity contribution in [2.75, 3.05) is 5.73 Å². The number of nitrogen functional groups attached to an aromatic ring is 1. The molecule has 0 atom stereocenters. The van der Waals surface area contributed by atoms with Gasteiger partial charge < -0.3 is 5.73 Å². The zero-order valence-corrected chi connectivity index (χ0v) is 10.0. The van der Waals surface area contributed by atoms with E-state index in [1.54, 1.807) is 18.2 Å². The lowest BCUT2D eigenvalue weighted by molar-refractivity contribution is 0.248. The molecular weight excluding hydrogens is 224 g/mol. The second-order valence-electron chi connectivity index (χ2n) is 4.56. The van der Waals surface area contributed by atoms with Crippen LogP contribution >= 0.6 is 0 Å². The summed E-state index contributed by atoms with van der Waals surface area (Å²) in [6.45, 7) is 1.92. The van der Waals surface area contributed by atoms with Crippen LogP contribution in [0, 0.1) is 0 Å². The summed E-state index contributed by atoms with van der Waals surface area (Å²) in [5.41, 5.74) is 5.67. The van der Waals surface area contributed by atoms with Crippen molar-refractivity contribution >= 4 is 15.7 Å². The molecule has 2 rings (SSSR count). The van der Waals surface area contributed by atoms with Crippen LogP contribution < -0.4 is 10.5 Å². The maximum atomic E-state index is 12.1. The summed E-state index contributed by atoms with van der Waals surface area (Å²) in [6, 6.07) is 6.52. The fourth-order valence-electron chi connectivity index (χ4n) is 1.91. The van der Waals surface area contributed by atoms with Crippen LogP contribution in [0.25, 0.3) is 0 Å². The van der Waals surface area contributed by atoms with Crippen molar-refractivity contribution < 1.29 is 8.42 Å². The number of sulfonamides is 1. The Kier molecular flexibility index (Phi) is 2.67. The van der Waals surface area contributed by atoms with Gasteiger partial charge in [0.2, 0.25) is 10.0 Å². The summed E-state index contributed by atoms with van der Waals surface area (Å²) >= 11 is 0. The number of hydrogen-bond donors (Lipinski definition) is 2. The molecule has 16 heavy (non-hydrogen) atoms. The van der Waals surface area contributed by atoms with Crippen molar-refractivity contribution in [2.24, 2.45) is 0 Å². The van der Waals surface area contributed by atoms with Crippen molar-refractivity contribution in [3.05, 3.63) is 24.3 Å². The van der Waals surface area contributed by atoms with E-state index in [-0.39, 0.29) is 16.1 Å². The van der Waals surface area contributed by atoms with E-state index in [4.69, 9.17) is 5.73 Å².